The Bertz CT molecular complexity index is 2880. The molecule has 54 heavy (non-hydrogen) atoms. The van der Waals surface area contributed by atoms with Gasteiger partial charge in [0.05, 0.1) is 16.7 Å². The van der Waals surface area contributed by atoms with Crippen LogP contribution in [0, 0.1) is 0 Å². The highest BCUT2D eigenvalue weighted by Gasteiger charge is 2.36. The van der Waals surface area contributed by atoms with E-state index < -0.39 is 0 Å². The fourth-order valence-corrected chi connectivity index (χ4v) is 10.1. The minimum absolute atomic E-state index is 0.0255. The number of allylic oxidation sites excluding steroid dienone is 1. The van der Waals surface area contributed by atoms with E-state index in [2.05, 4.69) is 195 Å². The summed E-state index contributed by atoms with van der Waals surface area (Å²) in [6.07, 6.45) is 4.41. The summed E-state index contributed by atoms with van der Waals surface area (Å²) < 4.78 is 2.51. The zero-order chi connectivity index (χ0) is 36.3. The fraction of sp³-hybridized carbons (Fsp3) is 0.154. The summed E-state index contributed by atoms with van der Waals surface area (Å²) in [4.78, 5) is 2.51. The molecule has 0 unspecified atom stereocenters. The van der Waals surface area contributed by atoms with E-state index in [4.69, 9.17) is 0 Å². The van der Waals surface area contributed by atoms with Crippen molar-refractivity contribution in [3.8, 4) is 27.9 Å². The van der Waals surface area contributed by atoms with Gasteiger partial charge in [0.25, 0.3) is 0 Å². The average molecular weight is 695 g/mol. The first-order valence-corrected chi connectivity index (χ1v) is 19.4. The Kier molecular flexibility index (Phi) is 6.51. The van der Waals surface area contributed by atoms with E-state index in [9.17, 15) is 0 Å². The normalized spacial score (nSPS) is 15.7. The first kappa shape index (κ1) is 31.4. The van der Waals surface area contributed by atoms with Crippen LogP contribution in [0.3, 0.4) is 0 Å². The van der Waals surface area contributed by atoms with Crippen LogP contribution in [0.5, 0.6) is 0 Å². The molecule has 7 aromatic carbocycles. The van der Waals surface area contributed by atoms with Crippen molar-refractivity contribution in [2.75, 3.05) is 4.90 Å². The van der Waals surface area contributed by atoms with Gasteiger partial charge in [-0.15, -0.1) is 0 Å². The SMILES string of the molecule is CC1(C)c2ccccc2-c2ccc(-c3ccc(N(C4=Cc5ccccc5CC4)c4ccc5c(c4)c4cccc6c4n5-c4ccccc4C6(C)C)cc3)cc21. The van der Waals surface area contributed by atoms with E-state index in [0.717, 1.165) is 12.8 Å². The van der Waals surface area contributed by atoms with Crippen LogP contribution in [-0.4, -0.2) is 4.57 Å². The van der Waals surface area contributed by atoms with Gasteiger partial charge in [0.2, 0.25) is 0 Å². The smallest absolute Gasteiger partial charge is 0.0582 e. The highest BCUT2D eigenvalue weighted by molar-refractivity contribution is 6.12. The van der Waals surface area contributed by atoms with Crippen LogP contribution in [0.2, 0.25) is 0 Å². The third kappa shape index (κ3) is 4.34. The van der Waals surface area contributed by atoms with Crippen molar-refractivity contribution in [2.45, 2.75) is 51.4 Å². The molecule has 0 atom stereocenters. The number of para-hydroxylation sites is 2. The number of anilines is 2. The van der Waals surface area contributed by atoms with E-state index in [0.29, 0.717) is 0 Å². The topological polar surface area (TPSA) is 8.17 Å². The number of fused-ring (bicyclic) bond motifs is 9. The lowest BCUT2D eigenvalue weighted by atomic mass is 9.75. The number of hydrogen-bond donors (Lipinski definition) is 0. The summed E-state index contributed by atoms with van der Waals surface area (Å²) in [6.45, 7) is 9.46. The van der Waals surface area contributed by atoms with Crippen LogP contribution in [0.1, 0.15) is 67.5 Å². The van der Waals surface area contributed by atoms with Gasteiger partial charge in [0.15, 0.2) is 0 Å². The average Bonchev–Trinajstić information content (AvgIpc) is 3.66. The third-order valence-corrected chi connectivity index (χ3v) is 12.9. The largest absolute Gasteiger partial charge is 0.314 e. The van der Waals surface area contributed by atoms with Gasteiger partial charge in [-0.2, -0.15) is 0 Å². The van der Waals surface area contributed by atoms with Crippen LogP contribution in [0.25, 0.3) is 55.8 Å². The molecule has 1 aliphatic heterocycles. The lowest BCUT2D eigenvalue weighted by molar-refractivity contribution is 0.630. The molecule has 0 spiro atoms. The molecule has 2 heteroatoms. The first-order valence-electron chi connectivity index (χ1n) is 19.4. The molecule has 0 bridgehead atoms. The number of rotatable bonds is 4. The Morgan fingerprint density at radius 1 is 0.500 bits per heavy atom. The third-order valence-electron chi connectivity index (χ3n) is 12.9. The number of hydrogen-bond acceptors (Lipinski definition) is 1. The Hall–Kier alpha value is -6.12. The fourth-order valence-electron chi connectivity index (χ4n) is 10.1. The molecule has 0 amide bonds. The summed E-state index contributed by atoms with van der Waals surface area (Å²) in [5.74, 6) is 0. The Labute approximate surface area is 317 Å². The van der Waals surface area contributed by atoms with E-state index in [1.54, 1.807) is 0 Å². The van der Waals surface area contributed by atoms with Crippen LogP contribution >= 0.6 is 0 Å². The van der Waals surface area contributed by atoms with Gasteiger partial charge in [-0.05, 0) is 117 Å². The number of nitrogens with zero attached hydrogens (tertiary/aromatic N) is 2. The van der Waals surface area contributed by atoms with E-state index in [1.807, 2.05) is 0 Å². The summed E-state index contributed by atoms with van der Waals surface area (Å²) in [5.41, 5.74) is 21.0. The van der Waals surface area contributed by atoms with Crippen molar-refractivity contribution in [3.05, 3.63) is 191 Å². The molecule has 260 valence electrons. The van der Waals surface area contributed by atoms with Gasteiger partial charge >= 0.3 is 0 Å². The predicted molar refractivity (Wildman–Crippen MR) is 227 cm³/mol. The maximum absolute atomic E-state index is 2.51. The second-order valence-electron chi connectivity index (χ2n) is 16.5. The van der Waals surface area contributed by atoms with Crippen molar-refractivity contribution in [3.63, 3.8) is 0 Å². The molecule has 2 aliphatic carbocycles. The zero-order valence-electron chi connectivity index (χ0n) is 31.3. The van der Waals surface area contributed by atoms with E-state index in [1.165, 1.54) is 100 Å². The van der Waals surface area contributed by atoms with Crippen molar-refractivity contribution >= 4 is 39.3 Å². The molecule has 3 aliphatic rings. The zero-order valence-corrected chi connectivity index (χ0v) is 31.3. The molecule has 0 saturated carbocycles. The molecule has 0 radical (unpaired) electrons. The standard InChI is InChI=1S/C52H42N2/c1-51(2)44-16-8-7-14-40(44)41-28-23-36(31-47(41)51)34-20-24-37(25-21-34)53(38-26-22-33-12-5-6-13-35(33)30-38)39-27-29-48-43(32-39)42-15-11-18-46-50(42)54(48)49-19-10-9-17-45(49)52(46,3)4/h5-21,23-25,27-32H,22,26H2,1-4H3. The lowest BCUT2D eigenvalue weighted by Gasteiger charge is -2.34. The second kappa shape index (κ2) is 11.2. The molecular formula is C52H42N2. The van der Waals surface area contributed by atoms with Gasteiger partial charge in [-0.1, -0.05) is 137 Å². The first-order chi connectivity index (χ1) is 26.3. The number of aromatic nitrogens is 1. The Balaban J connectivity index is 1.06. The molecule has 0 N–H and O–H groups in total. The van der Waals surface area contributed by atoms with Gasteiger partial charge in [0.1, 0.15) is 0 Å². The van der Waals surface area contributed by atoms with Gasteiger partial charge in [0, 0.05) is 38.7 Å². The van der Waals surface area contributed by atoms with Crippen LogP contribution in [0.4, 0.5) is 11.4 Å². The minimum Gasteiger partial charge on any atom is -0.314 e. The molecule has 1 aromatic heterocycles. The summed E-state index contributed by atoms with van der Waals surface area (Å²) in [7, 11) is 0. The van der Waals surface area contributed by atoms with Gasteiger partial charge in [-0.3, -0.25) is 0 Å². The molecule has 11 rings (SSSR count). The molecular weight excluding hydrogens is 653 g/mol. The maximum Gasteiger partial charge on any atom is 0.0582 e. The highest BCUT2D eigenvalue weighted by Crippen LogP contribution is 2.51. The van der Waals surface area contributed by atoms with Crippen LogP contribution in [0.15, 0.2) is 157 Å². The van der Waals surface area contributed by atoms with Crippen molar-refractivity contribution < 1.29 is 0 Å². The second-order valence-corrected chi connectivity index (χ2v) is 16.5. The summed E-state index contributed by atoms with van der Waals surface area (Å²) in [5, 5.41) is 2.60. The van der Waals surface area contributed by atoms with E-state index in [-0.39, 0.29) is 10.8 Å². The number of aryl methyl sites for hydroxylation is 1. The van der Waals surface area contributed by atoms with E-state index >= 15 is 0 Å². The van der Waals surface area contributed by atoms with Crippen molar-refractivity contribution in [1.29, 1.82) is 0 Å². The van der Waals surface area contributed by atoms with Crippen LogP contribution < -0.4 is 4.90 Å². The number of benzene rings is 7. The van der Waals surface area contributed by atoms with Crippen molar-refractivity contribution in [2.24, 2.45) is 0 Å². The maximum atomic E-state index is 2.51. The Morgan fingerprint density at radius 3 is 2.06 bits per heavy atom. The minimum atomic E-state index is -0.0873. The molecule has 0 fully saturated rings. The molecule has 2 heterocycles. The molecule has 2 nitrogen and oxygen atoms in total. The van der Waals surface area contributed by atoms with Gasteiger partial charge in [-0.25, -0.2) is 0 Å². The highest BCUT2D eigenvalue weighted by atomic mass is 15.1. The molecule has 0 saturated heterocycles. The van der Waals surface area contributed by atoms with Gasteiger partial charge < -0.3 is 9.47 Å². The summed E-state index contributed by atoms with van der Waals surface area (Å²) in [6, 6.07) is 57.0. The quantitative estimate of drug-likeness (QED) is 0.178. The predicted octanol–water partition coefficient (Wildman–Crippen LogP) is 13.5. The summed E-state index contributed by atoms with van der Waals surface area (Å²) >= 11 is 0. The molecule has 8 aromatic rings. The monoisotopic (exact) mass is 694 g/mol. The van der Waals surface area contributed by atoms with Crippen molar-refractivity contribution in [1.82, 2.24) is 4.57 Å². The van der Waals surface area contributed by atoms with Crippen LogP contribution in [-0.2, 0) is 17.3 Å². The lowest BCUT2D eigenvalue weighted by Crippen LogP contribution is -2.26. The Morgan fingerprint density at radius 2 is 1.19 bits per heavy atom.